The van der Waals surface area contributed by atoms with E-state index >= 15 is 0 Å². The molecule has 0 radical (unpaired) electrons. The average molecular weight is 426 g/mol. The molecule has 0 saturated carbocycles. The normalized spacial score (nSPS) is 23.9. The van der Waals surface area contributed by atoms with Crippen molar-refractivity contribution in [3.63, 3.8) is 0 Å². The van der Waals surface area contributed by atoms with Crippen LogP contribution in [0.1, 0.15) is 42.5 Å². The van der Waals surface area contributed by atoms with Crippen molar-refractivity contribution in [3.8, 4) is 0 Å². The zero-order valence-electron chi connectivity index (χ0n) is 18.0. The second kappa shape index (κ2) is 8.63. The zero-order chi connectivity index (χ0) is 21.3. The van der Waals surface area contributed by atoms with Crippen molar-refractivity contribution in [3.05, 3.63) is 36.0 Å². The third-order valence-electron chi connectivity index (χ3n) is 7.18. The maximum Gasteiger partial charge on any atom is 0.253 e. The first kappa shape index (κ1) is 20.5. The van der Waals surface area contributed by atoms with Gasteiger partial charge in [0.15, 0.2) is 0 Å². The van der Waals surface area contributed by atoms with E-state index in [9.17, 15) is 9.59 Å². The van der Waals surface area contributed by atoms with Crippen LogP contribution in [0, 0.1) is 5.92 Å². The minimum atomic E-state index is -0.185. The van der Waals surface area contributed by atoms with Gasteiger partial charge in [0.1, 0.15) is 0 Å². The van der Waals surface area contributed by atoms with Crippen LogP contribution in [0.4, 0.5) is 0 Å². The molecular weight excluding hydrogens is 394 g/mol. The number of morpholine rings is 1. The van der Waals surface area contributed by atoms with Crippen LogP contribution in [0.5, 0.6) is 0 Å². The molecule has 3 saturated heterocycles. The molecule has 166 valence electrons. The SMILES string of the molecule is O=C(CC1CCOC2(CCN(C(=O)c3ccc4[nH]ccc4c3)CC2)C1)N1CCOCC1. The highest BCUT2D eigenvalue weighted by atomic mass is 16.5. The third kappa shape index (κ3) is 4.34. The lowest BCUT2D eigenvalue weighted by atomic mass is 9.78. The van der Waals surface area contributed by atoms with E-state index in [-0.39, 0.29) is 17.4 Å². The van der Waals surface area contributed by atoms with Gasteiger partial charge in [-0.25, -0.2) is 0 Å². The fraction of sp³-hybridized carbons (Fsp3) is 0.583. The van der Waals surface area contributed by atoms with E-state index < -0.39 is 0 Å². The molecule has 3 aliphatic heterocycles. The molecule has 1 atom stereocenters. The van der Waals surface area contributed by atoms with Crippen LogP contribution in [0.2, 0.25) is 0 Å². The minimum Gasteiger partial charge on any atom is -0.378 e. The number of hydrogen-bond donors (Lipinski definition) is 1. The highest BCUT2D eigenvalue weighted by Gasteiger charge is 2.42. The highest BCUT2D eigenvalue weighted by Crippen LogP contribution is 2.39. The number of nitrogens with zero attached hydrogens (tertiary/aromatic N) is 2. The van der Waals surface area contributed by atoms with Crippen LogP contribution >= 0.6 is 0 Å². The predicted octanol–water partition coefficient (Wildman–Crippen LogP) is 2.82. The molecule has 7 nitrogen and oxygen atoms in total. The number of likely N-dealkylation sites (tertiary alicyclic amines) is 1. The van der Waals surface area contributed by atoms with Crippen LogP contribution in [0.3, 0.4) is 0 Å². The summed E-state index contributed by atoms with van der Waals surface area (Å²) in [7, 11) is 0. The van der Waals surface area contributed by atoms with Crippen molar-refractivity contribution in [2.24, 2.45) is 5.92 Å². The Morgan fingerprint density at radius 1 is 1.03 bits per heavy atom. The smallest absolute Gasteiger partial charge is 0.253 e. The second-order valence-electron chi connectivity index (χ2n) is 9.16. The summed E-state index contributed by atoms with van der Waals surface area (Å²) in [4.78, 5) is 32.8. The topological polar surface area (TPSA) is 74.9 Å². The van der Waals surface area contributed by atoms with Gasteiger partial charge in [0.2, 0.25) is 5.91 Å². The maximum absolute atomic E-state index is 13.0. The molecule has 1 N–H and O–H groups in total. The molecule has 1 spiro atoms. The number of nitrogens with one attached hydrogen (secondary N) is 1. The molecule has 31 heavy (non-hydrogen) atoms. The van der Waals surface area contributed by atoms with E-state index in [4.69, 9.17) is 9.47 Å². The number of aromatic nitrogens is 1. The Bertz CT molecular complexity index is 941. The molecule has 4 heterocycles. The Hall–Kier alpha value is -2.38. The van der Waals surface area contributed by atoms with Crippen LogP contribution in [-0.2, 0) is 14.3 Å². The lowest BCUT2D eigenvalue weighted by Gasteiger charge is -2.46. The third-order valence-corrected chi connectivity index (χ3v) is 7.18. The number of H-pyrrole nitrogens is 1. The number of carbonyl (C=O) groups excluding carboxylic acids is 2. The molecule has 2 amide bonds. The van der Waals surface area contributed by atoms with Gasteiger partial charge in [-0.1, -0.05) is 0 Å². The number of carbonyl (C=O) groups is 2. The molecule has 3 aliphatic rings. The summed E-state index contributed by atoms with van der Waals surface area (Å²) in [6.45, 7) is 4.81. The Labute approximate surface area is 182 Å². The van der Waals surface area contributed by atoms with Gasteiger partial charge in [0.05, 0.1) is 18.8 Å². The first-order chi connectivity index (χ1) is 15.1. The van der Waals surface area contributed by atoms with Gasteiger partial charge in [-0.3, -0.25) is 9.59 Å². The number of piperidine rings is 1. The first-order valence-electron chi connectivity index (χ1n) is 11.5. The van der Waals surface area contributed by atoms with Gasteiger partial charge in [-0.2, -0.15) is 0 Å². The fourth-order valence-corrected chi connectivity index (χ4v) is 5.33. The van der Waals surface area contributed by atoms with Gasteiger partial charge in [-0.15, -0.1) is 0 Å². The summed E-state index contributed by atoms with van der Waals surface area (Å²) >= 11 is 0. The maximum atomic E-state index is 13.0. The van der Waals surface area contributed by atoms with Crippen LogP contribution < -0.4 is 0 Å². The molecule has 1 aromatic carbocycles. The standard InChI is InChI=1S/C24H31N3O4/c28-22(26-10-13-30-14-11-26)15-18-4-12-31-24(17-18)5-8-27(9-6-24)23(29)20-1-2-21-19(16-20)3-7-25-21/h1-3,7,16,18,25H,4-6,8-15,17H2. The van der Waals surface area contributed by atoms with Gasteiger partial charge in [-0.05, 0) is 55.9 Å². The molecule has 7 heteroatoms. The quantitative estimate of drug-likeness (QED) is 0.821. The van der Waals surface area contributed by atoms with Crippen molar-refractivity contribution >= 4 is 22.7 Å². The monoisotopic (exact) mass is 425 g/mol. The number of rotatable bonds is 3. The predicted molar refractivity (Wildman–Crippen MR) is 117 cm³/mol. The largest absolute Gasteiger partial charge is 0.378 e. The van der Waals surface area contributed by atoms with E-state index in [1.165, 1.54) is 0 Å². The first-order valence-corrected chi connectivity index (χ1v) is 11.5. The molecular formula is C24H31N3O4. The molecule has 3 fully saturated rings. The molecule has 0 bridgehead atoms. The highest BCUT2D eigenvalue weighted by molar-refractivity contribution is 5.98. The van der Waals surface area contributed by atoms with Gasteiger partial charge >= 0.3 is 0 Å². The fourth-order valence-electron chi connectivity index (χ4n) is 5.33. The van der Waals surface area contributed by atoms with E-state index in [1.807, 2.05) is 40.3 Å². The van der Waals surface area contributed by atoms with Gasteiger partial charge < -0.3 is 24.3 Å². The van der Waals surface area contributed by atoms with Gasteiger partial charge in [0, 0.05) is 61.9 Å². The van der Waals surface area contributed by atoms with Crippen molar-refractivity contribution in [2.45, 2.75) is 37.7 Å². The lowest BCUT2D eigenvalue weighted by Crippen LogP contribution is -2.51. The summed E-state index contributed by atoms with van der Waals surface area (Å²) < 4.78 is 11.6. The van der Waals surface area contributed by atoms with Crippen molar-refractivity contribution < 1.29 is 19.1 Å². The number of amides is 2. The molecule has 2 aromatic rings. The number of aromatic amines is 1. The van der Waals surface area contributed by atoms with Crippen molar-refractivity contribution in [1.29, 1.82) is 0 Å². The summed E-state index contributed by atoms with van der Waals surface area (Å²) in [5.74, 6) is 0.702. The Balaban J connectivity index is 1.17. The average Bonchev–Trinajstić information content (AvgIpc) is 3.28. The van der Waals surface area contributed by atoms with Crippen LogP contribution in [0.25, 0.3) is 10.9 Å². The van der Waals surface area contributed by atoms with Crippen LogP contribution in [0.15, 0.2) is 30.5 Å². The molecule has 5 rings (SSSR count). The summed E-state index contributed by atoms with van der Waals surface area (Å²) in [6, 6.07) is 7.82. The van der Waals surface area contributed by atoms with Crippen molar-refractivity contribution in [1.82, 2.24) is 14.8 Å². The Kier molecular flexibility index (Phi) is 5.71. The Morgan fingerprint density at radius 2 is 1.84 bits per heavy atom. The molecule has 1 unspecified atom stereocenters. The van der Waals surface area contributed by atoms with E-state index in [0.29, 0.717) is 58.3 Å². The second-order valence-corrected chi connectivity index (χ2v) is 9.16. The van der Waals surface area contributed by atoms with E-state index in [2.05, 4.69) is 4.98 Å². The minimum absolute atomic E-state index is 0.0906. The molecule has 1 aromatic heterocycles. The molecule has 0 aliphatic carbocycles. The zero-order valence-corrected chi connectivity index (χ0v) is 18.0. The van der Waals surface area contributed by atoms with Gasteiger partial charge in [0.25, 0.3) is 5.91 Å². The van der Waals surface area contributed by atoms with Crippen LogP contribution in [-0.4, -0.2) is 78.2 Å². The number of fused-ring (bicyclic) bond motifs is 1. The Morgan fingerprint density at radius 3 is 2.65 bits per heavy atom. The number of hydrogen-bond acceptors (Lipinski definition) is 4. The van der Waals surface area contributed by atoms with E-state index in [1.54, 1.807) is 0 Å². The van der Waals surface area contributed by atoms with Crippen molar-refractivity contribution in [2.75, 3.05) is 46.0 Å². The summed E-state index contributed by atoms with van der Waals surface area (Å²) in [6.07, 6.45) is 6.03. The lowest BCUT2D eigenvalue weighted by molar-refractivity contribution is -0.143. The summed E-state index contributed by atoms with van der Waals surface area (Å²) in [5, 5.41) is 1.06. The van der Waals surface area contributed by atoms with E-state index in [0.717, 1.165) is 42.1 Å². The number of benzene rings is 1. The number of ether oxygens (including phenoxy) is 2. The summed E-state index contributed by atoms with van der Waals surface area (Å²) in [5.41, 5.74) is 1.60.